The van der Waals surface area contributed by atoms with E-state index in [0.29, 0.717) is 11.5 Å². The van der Waals surface area contributed by atoms with Gasteiger partial charge in [-0.25, -0.2) is 0 Å². The Bertz CT molecular complexity index is 420. The lowest BCUT2D eigenvalue weighted by Crippen LogP contribution is -2.17. The number of halogens is 1. The van der Waals surface area contributed by atoms with E-state index < -0.39 is 0 Å². The summed E-state index contributed by atoms with van der Waals surface area (Å²) in [4.78, 5) is 0. The summed E-state index contributed by atoms with van der Waals surface area (Å²) in [6.07, 6.45) is 4.10. The van der Waals surface area contributed by atoms with Crippen molar-refractivity contribution in [1.29, 1.82) is 0 Å². The molecule has 2 atom stereocenters. The summed E-state index contributed by atoms with van der Waals surface area (Å²) in [5, 5.41) is 0.806. The Morgan fingerprint density at radius 2 is 2.00 bits per heavy atom. The van der Waals surface area contributed by atoms with E-state index in [4.69, 9.17) is 16.3 Å². The van der Waals surface area contributed by atoms with Crippen LogP contribution in [0.25, 0.3) is 0 Å². The molecule has 1 heterocycles. The van der Waals surface area contributed by atoms with Gasteiger partial charge in [-0.1, -0.05) is 38.4 Å². The first-order valence-corrected chi connectivity index (χ1v) is 7.14. The summed E-state index contributed by atoms with van der Waals surface area (Å²) in [7, 11) is 0. The zero-order chi connectivity index (χ0) is 13.3. The molecule has 1 aromatic rings. The SMILES string of the molecule is Cc1cc(Cl)ccc1[C@H]1CC[C@@H](CC(C)(C)C)O1. The van der Waals surface area contributed by atoms with Gasteiger partial charge in [-0.05, 0) is 54.9 Å². The first-order valence-electron chi connectivity index (χ1n) is 6.77. The molecule has 18 heavy (non-hydrogen) atoms. The molecule has 2 rings (SSSR count). The molecule has 2 heteroatoms. The largest absolute Gasteiger partial charge is 0.370 e. The van der Waals surface area contributed by atoms with Gasteiger partial charge in [0.15, 0.2) is 0 Å². The molecule has 0 aliphatic carbocycles. The smallest absolute Gasteiger partial charge is 0.0832 e. The van der Waals surface area contributed by atoms with E-state index in [-0.39, 0.29) is 6.10 Å². The molecular weight excluding hydrogens is 244 g/mol. The molecule has 1 aromatic carbocycles. The first-order chi connectivity index (χ1) is 8.35. The van der Waals surface area contributed by atoms with Crippen molar-refractivity contribution >= 4 is 11.6 Å². The Hall–Kier alpha value is -0.530. The zero-order valence-corrected chi connectivity index (χ0v) is 12.6. The number of hydrogen-bond donors (Lipinski definition) is 0. The molecule has 1 aliphatic rings. The van der Waals surface area contributed by atoms with E-state index in [2.05, 4.69) is 33.8 Å². The fraction of sp³-hybridized carbons (Fsp3) is 0.625. The van der Waals surface area contributed by atoms with Crippen LogP contribution in [-0.2, 0) is 4.74 Å². The van der Waals surface area contributed by atoms with Gasteiger partial charge in [0.05, 0.1) is 12.2 Å². The molecule has 100 valence electrons. The molecule has 0 radical (unpaired) electrons. The van der Waals surface area contributed by atoms with E-state index in [1.165, 1.54) is 17.5 Å². The summed E-state index contributed by atoms with van der Waals surface area (Å²) < 4.78 is 6.20. The Morgan fingerprint density at radius 3 is 2.61 bits per heavy atom. The molecule has 0 unspecified atom stereocenters. The average Bonchev–Trinajstić information content (AvgIpc) is 2.63. The Balaban J connectivity index is 2.04. The topological polar surface area (TPSA) is 9.23 Å². The Morgan fingerprint density at radius 1 is 1.28 bits per heavy atom. The maximum absolute atomic E-state index is 6.20. The minimum atomic E-state index is 0.259. The Kier molecular flexibility index (Phi) is 4.03. The second kappa shape index (κ2) is 5.22. The minimum absolute atomic E-state index is 0.259. The van der Waals surface area contributed by atoms with Crippen molar-refractivity contribution in [3.8, 4) is 0 Å². The van der Waals surface area contributed by atoms with Gasteiger partial charge in [0.2, 0.25) is 0 Å². The summed E-state index contributed by atoms with van der Waals surface area (Å²) in [5.74, 6) is 0. The van der Waals surface area contributed by atoms with Crippen molar-refractivity contribution in [2.24, 2.45) is 5.41 Å². The van der Waals surface area contributed by atoms with Crippen LogP contribution in [-0.4, -0.2) is 6.10 Å². The number of hydrogen-bond acceptors (Lipinski definition) is 1. The fourth-order valence-electron chi connectivity index (χ4n) is 2.77. The van der Waals surface area contributed by atoms with Crippen molar-refractivity contribution in [3.63, 3.8) is 0 Å². The van der Waals surface area contributed by atoms with Crippen molar-refractivity contribution in [2.45, 2.75) is 59.2 Å². The van der Waals surface area contributed by atoms with E-state index in [9.17, 15) is 0 Å². The number of ether oxygens (including phenoxy) is 1. The molecule has 1 saturated heterocycles. The predicted octanol–water partition coefficient (Wildman–Crippen LogP) is 5.30. The first kappa shape index (κ1) is 13.9. The van der Waals surface area contributed by atoms with Crippen LogP contribution in [0, 0.1) is 12.3 Å². The highest BCUT2D eigenvalue weighted by Crippen LogP contribution is 2.38. The van der Waals surface area contributed by atoms with Crippen molar-refractivity contribution in [1.82, 2.24) is 0 Å². The monoisotopic (exact) mass is 266 g/mol. The normalized spacial score (nSPS) is 24.5. The fourth-order valence-corrected chi connectivity index (χ4v) is 2.99. The standard InChI is InChI=1S/C16H23ClO/c1-11-9-12(17)5-7-14(11)15-8-6-13(18-15)10-16(2,3)4/h5,7,9,13,15H,6,8,10H2,1-4H3/t13-,15+/m0/s1. The summed E-state index contributed by atoms with van der Waals surface area (Å²) >= 11 is 6.00. The summed E-state index contributed by atoms with van der Waals surface area (Å²) in [5.41, 5.74) is 2.88. The van der Waals surface area contributed by atoms with Gasteiger partial charge in [0, 0.05) is 5.02 Å². The van der Waals surface area contributed by atoms with Crippen LogP contribution in [0.4, 0.5) is 0 Å². The number of aryl methyl sites for hydroxylation is 1. The molecule has 0 N–H and O–H groups in total. The third kappa shape index (κ3) is 3.49. The van der Waals surface area contributed by atoms with Crippen LogP contribution in [0.1, 0.15) is 57.3 Å². The molecule has 0 bridgehead atoms. The highest BCUT2D eigenvalue weighted by molar-refractivity contribution is 6.30. The minimum Gasteiger partial charge on any atom is -0.370 e. The molecule has 0 amide bonds. The number of benzene rings is 1. The molecule has 1 aliphatic heterocycles. The van der Waals surface area contributed by atoms with E-state index >= 15 is 0 Å². The molecule has 0 saturated carbocycles. The Labute approximate surface area is 115 Å². The van der Waals surface area contributed by atoms with Crippen LogP contribution in [0.3, 0.4) is 0 Å². The molecule has 1 fully saturated rings. The average molecular weight is 267 g/mol. The molecule has 0 aromatic heterocycles. The van der Waals surface area contributed by atoms with Gasteiger partial charge >= 0.3 is 0 Å². The molecule has 0 spiro atoms. The van der Waals surface area contributed by atoms with Gasteiger partial charge in [-0.15, -0.1) is 0 Å². The van der Waals surface area contributed by atoms with Crippen molar-refractivity contribution in [2.75, 3.05) is 0 Å². The maximum atomic E-state index is 6.20. The summed E-state index contributed by atoms with van der Waals surface area (Å²) in [6.45, 7) is 8.94. The van der Waals surface area contributed by atoms with Gasteiger partial charge in [0.25, 0.3) is 0 Å². The van der Waals surface area contributed by atoms with Crippen LogP contribution >= 0.6 is 11.6 Å². The van der Waals surface area contributed by atoms with Gasteiger partial charge in [0.1, 0.15) is 0 Å². The third-order valence-electron chi connectivity index (χ3n) is 3.53. The predicted molar refractivity (Wildman–Crippen MR) is 77.1 cm³/mol. The zero-order valence-electron chi connectivity index (χ0n) is 11.8. The van der Waals surface area contributed by atoms with Crippen LogP contribution in [0.15, 0.2) is 18.2 Å². The summed E-state index contributed by atoms with van der Waals surface area (Å²) in [6, 6.07) is 6.10. The maximum Gasteiger partial charge on any atom is 0.0832 e. The third-order valence-corrected chi connectivity index (χ3v) is 3.76. The van der Waals surface area contributed by atoms with E-state index in [1.54, 1.807) is 0 Å². The lowest BCUT2D eigenvalue weighted by atomic mass is 9.88. The lowest BCUT2D eigenvalue weighted by Gasteiger charge is -2.23. The van der Waals surface area contributed by atoms with Crippen molar-refractivity contribution < 1.29 is 4.74 Å². The second-order valence-corrected chi connectivity index (χ2v) is 7.03. The lowest BCUT2D eigenvalue weighted by molar-refractivity contribution is 0.0216. The van der Waals surface area contributed by atoms with Crippen molar-refractivity contribution in [3.05, 3.63) is 34.3 Å². The van der Waals surface area contributed by atoms with Gasteiger partial charge in [-0.2, -0.15) is 0 Å². The van der Waals surface area contributed by atoms with Crippen LogP contribution in [0.5, 0.6) is 0 Å². The quantitative estimate of drug-likeness (QED) is 0.705. The van der Waals surface area contributed by atoms with Gasteiger partial charge < -0.3 is 4.74 Å². The van der Waals surface area contributed by atoms with E-state index in [0.717, 1.165) is 17.9 Å². The molecular formula is C16H23ClO. The van der Waals surface area contributed by atoms with Crippen LogP contribution in [0.2, 0.25) is 5.02 Å². The highest BCUT2D eigenvalue weighted by atomic mass is 35.5. The second-order valence-electron chi connectivity index (χ2n) is 6.59. The number of rotatable bonds is 2. The highest BCUT2D eigenvalue weighted by Gasteiger charge is 2.30. The van der Waals surface area contributed by atoms with Crippen LogP contribution < -0.4 is 0 Å². The van der Waals surface area contributed by atoms with E-state index in [1.807, 2.05) is 12.1 Å². The van der Waals surface area contributed by atoms with Gasteiger partial charge in [-0.3, -0.25) is 0 Å². The molecule has 1 nitrogen and oxygen atoms in total.